The molecule has 2 heterocycles. The zero-order chi connectivity index (χ0) is 27.3. The van der Waals surface area contributed by atoms with E-state index in [0.29, 0.717) is 50.6 Å². The molecule has 12 heteroatoms. The van der Waals surface area contributed by atoms with Crippen molar-refractivity contribution in [3.05, 3.63) is 75.7 Å². The number of rotatable bonds is 11. The van der Waals surface area contributed by atoms with Crippen molar-refractivity contribution in [2.75, 3.05) is 36.4 Å². The van der Waals surface area contributed by atoms with Crippen LogP contribution in [-0.4, -0.2) is 54.9 Å². The number of nitrogens with zero attached hydrogens (tertiary/aromatic N) is 2. The van der Waals surface area contributed by atoms with E-state index in [0.717, 1.165) is 29.0 Å². The lowest BCUT2D eigenvalue weighted by Gasteiger charge is -2.31. The Bertz CT molecular complexity index is 1350. The molecule has 2 aromatic carbocycles. The minimum atomic E-state index is -3.37. The van der Waals surface area contributed by atoms with Gasteiger partial charge in [-0.05, 0) is 50.4 Å². The number of aryl methyl sites for hydroxylation is 1. The zero-order valence-corrected chi connectivity index (χ0v) is 22.7. The topological polar surface area (TPSA) is 117 Å². The van der Waals surface area contributed by atoms with Crippen molar-refractivity contribution in [3.8, 4) is 0 Å². The third-order valence-corrected chi connectivity index (χ3v) is 9.39. The lowest BCUT2D eigenvalue weighted by atomic mass is 10.1. The predicted octanol–water partition coefficient (Wildman–Crippen LogP) is 3.93. The van der Waals surface area contributed by atoms with Crippen molar-refractivity contribution in [3.63, 3.8) is 0 Å². The molecule has 1 aromatic heterocycles. The van der Waals surface area contributed by atoms with Crippen LogP contribution in [0.15, 0.2) is 42.5 Å². The predicted molar refractivity (Wildman–Crippen MR) is 146 cm³/mol. The van der Waals surface area contributed by atoms with Gasteiger partial charge in [0.05, 0.1) is 11.3 Å². The van der Waals surface area contributed by atoms with Crippen LogP contribution in [0.2, 0.25) is 0 Å². The summed E-state index contributed by atoms with van der Waals surface area (Å²) in [4.78, 5) is 16.8. The molecule has 0 amide bonds. The third-order valence-electron chi connectivity index (χ3n) is 6.43. The highest BCUT2D eigenvalue weighted by atomic mass is 32.2. The van der Waals surface area contributed by atoms with Gasteiger partial charge >= 0.3 is 0 Å². The number of carbonyl (C=O) groups is 1. The summed E-state index contributed by atoms with van der Waals surface area (Å²) < 4.78 is 55.2. The summed E-state index contributed by atoms with van der Waals surface area (Å²) >= 11 is 0.926. The second kappa shape index (κ2) is 12.3. The van der Waals surface area contributed by atoms with Gasteiger partial charge < -0.3 is 16.4 Å². The van der Waals surface area contributed by atoms with Gasteiger partial charge in [0.2, 0.25) is 15.8 Å². The van der Waals surface area contributed by atoms with Gasteiger partial charge in [-0.2, -0.15) is 0 Å². The molecule has 0 aliphatic carbocycles. The van der Waals surface area contributed by atoms with Gasteiger partial charge in [0, 0.05) is 25.7 Å². The van der Waals surface area contributed by atoms with Crippen molar-refractivity contribution in [2.24, 2.45) is 0 Å². The van der Waals surface area contributed by atoms with E-state index < -0.39 is 33.0 Å². The van der Waals surface area contributed by atoms with E-state index in [9.17, 15) is 22.0 Å². The maximum atomic E-state index is 14.0. The molecule has 0 radical (unpaired) electrons. The molecule has 0 bridgehead atoms. The minimum Gasteiger partial charge on any atom is -0.382 e. The van der Waals surface area contributed by atoms with Crippen LogP contribution in [0.1, 0.15) is 45.6 Å². The summed E-state index contributed by atoms with van der Waals surface area (Å²) in [5.41, 5.74) is 7.56. The first-order chi connectivity index (χ1) is 18.1. The van der Waals surface area contributed by atoms with Gasteiger partial charge in [0.15, 0.2) is 5.13 Å². The van der Waals surface area contributed by atoms with E-state index >= 15 is 0 Å². The van der Waals surface area contributed by atoms with Gasteiger partial charge in [-0.3, -0.25) is 4.79 Å². The van der Waals surface area contributed by atoms with E-state index in [1.54, 1.807) is 0 Å². The quantitative estimate of drug-likeness (QED) is 0.239. The van der Waals surface area contributed by atoms with Crippen LogP contribution in [0, 0.1) is 18.6 Å². The Hall–Kier alpha value is -2.93. The average molecular weight is 564 g/mol. The van der Waals surface area contributed by atoms with E-state index in [2.05, 4.69) is 39.9 Å². The number of hydrogen-bond acceptors (Lipinski definition) is 8. The number of aromatic nitrogens is 1. The first-order valence-corrected chi connectivity index (χ1v) is 14.8. The lowest BCUT2D eigenvalue weighted by Crippen LogP contribution is -2.43. The van der Waals surface area contributed by atoms with E-state index in [4.69, 9.17) is 5.73 Å². The molecule has 38 heavy (non-hydrogen) atoms. The van der Waals surface area contributed by atoms with E-state index in [1.807, 2.05) is 6.92 Å². The summed E-state index contributed by atoms with van der Waals surface area (Å²) in [5.74, 6) is -2.83. The molecule has 1 fully saturated rings. The van der Waals surface area contributed by atoms with Crippen molar-refractivity contribution in [1.29, 1.82) is 0 Å². The monoisotopic (exact) mass is 563 g/mol. The molecule has 0 spiro atoms. The number of sulfonamides is 1. The fourth-order valence-electron chi connectivity index (χ4n) is 4.28. The van der Waals surface area contributed by atoms with Crippen LogP contribution in [0.3, 0.4) is 0 Å². The molecule has 0 unspecified atom stereocenters. The number of nitrogens with one attached hydrogen (secondary N) is 2. The molecule has 204 valence electrons. The molecule has 4 rings (SSSR count). The Balaban J connectivity index is 1.24. The smallest absolute Gasteiger partial charge is 0.214 e. The second-order valence-electron chi connectivity index (χ2n) is 9.31. The Morgan fingerprint density at radius 3 is 2.45 bits per heavy atom. The summed E-state index contributed by atoms with van der Waals surface area (Å²) in [6.45, 7) is 4.07. The van der Waals surface area contributed by atoms with Gasteiger partial charge in [0.25, 0.3) is 0 Å². The number of ketones is 1. The SMILES string of the molecule is Cc1ccc(CNCCCS(=O)(=O)N2CCC(Nc3nc(N)c(C(=O)c4c(F)cccc4F)s3)CC2)cc1. The average Bonchev–Trinajstić information content (AvgIpc) is 3.24. The Morgan fingerprint density at radius 2 is 1.79 bits per heavy atom. The van der Waals surface area contributed by atoms with Crippen LogP contribution in [0.4, 0.5) is 19.7 Å². The highest BCUT2D eigenvalue weighted by molar-refractivity contribution is 7.89. The molecule has 8 nitrogen and oxygen atoms in total. The number of benzene rings is 2. The number of anilines is 2. The van der Waals surface area contributed by atoms with E-state index in [1.165, 1.54) is 15.9 Å². The van der Waals surface area contributed by atoms with Gasteiger partial charge in [-0.15, -0.1) is 0 Å². The first-order valence-electron chi connectivity index (χ1n) is 12.4. The van der Waals surface area contributed by atoms with Crippen molar-refractivity contribution < 1.29 is 22.0 Å². The number of nitrogens with two attached hydrogens (primary N) is 1. The Morgan fingerprint density at radius 1 is 1.13 bits per heavy atom. The number of nitrogen functional groups attached to an aromatic ring is 1. The molecule has 0 saturated carbocycles. The molecule has 1 saturated heterocycles. The summed E-state index contributed by atoms with van der Waals surface area (Å²) in [6, 6.07) is 11.3. The molecule has 0 atom stereocenters. The summed E-state index contributed by atoms with van der Waals surface area (Å²) in [6.07, 6.45) is 1.62. The molecular weight excluding hydrogens is 532 g/mol. The fraction of sp³-hybridized carbons (Fsp3) is 0.385. The first kappa shape index (κ1) is 28.1. The number of hydrogen-bond donors (Lipinski definition) is 3. The van der Waals surface area contributed by atoms with Gasteiger partial charge in [-0.25, -0.2) is 26.5 Å². The minimum absolute atomic E-state index is 0.0486. The standard InChI is InChI=1S/C26H31F2N5O3S2/c1-17-6-8-18(9-7-17)16-30-12-3-15-38(35,36)33-13-10-19(11-14-33)31-26-32-25(29)24(37-26)23(34)22-20(27)4-2-5-21(22)28/h2,4-9,19,30H,3,10-16,29H2,1H3,(H,31,32). The lowest BCUT2D eigenvalue weighted by molar-refractivity contribution is 0.103. The molecule has 3 aromatic rings. The number of thiazole rings is 1. The van der Waals surface area contributed by atoms with Crippen LogP contribution in [-0.2, 0) is 16.6 Å². The normalized spacial score (nSPS) is 15.0. The largest absolute Gasteiger partial charge is 0.382 e. The van der Waals surface area contributed by atoms with Crippen LogP contribution in [0.5, 0.6) is 0 Å². The second-order valence-corrected chi connectivity index (χ2v) is 12.4. The summed E-state index contributed by atoms with van der Waals surface area (Å²) in [5, 5.41) is 6.82. The highest BCUT2D eigenvalue weighted by Gasteiger charge is 2.29. The number of carbonyl (C=O) groups excluding carboxylic acids is 1. The Kier molecular flexibility index (Phi) is 9.08. The van der Waals surface area contributed by atoms with Crippen LogP contribution < -0.4 is 16.4 Å². The third kappa shape index (κ3) is 6.93. The molecule has 4 N–H and O–H groups in total. The maximum Gasteiger partial charge on any atom is 0.214 e. The fourth-order valence-corrected chi connectivity index (χ4v) is 6.73. The zero-order valence-electron chi connectivity index (χ0n) is 21.0. The Labute approximate surface area is 225 Å². The van der Waals surface area contributed by atoms with Crippen LogP contribution in [0.25, 0.3) is 0 Å². The maximum absolute atomic E-state index is 14.0. The van der Waals surface area contributed by atoms with Gasteiger partial charge in [0.1, 0.15) is 22.3 Å². The molecular formula is C26H31F2N5O3S2. The van der Waals surface area contributed by atoms with Crippen LogP contribution >= 0.6 is 11.3 Å². The van der Waals surface area contributed by atoms with Crippen molar-refractivity contribution in [2.45, 2.75) is 38.8 Å². The van der Waals surface area contributed by atoms with Crippen molar-refractivity contribution >= 4 is 38.1 Å². The highest BCUT2D eigenvalue weighted by Crippen LogP contribution is 2.30. The number of halogens is 2. The molecule has 1 aliphatic heterocycles. The van der Waals surface area contributed by atoms with Crippen molar-refractivity contribution in [1.82, 2.24) is 14.6 Å². The summed E-state index contributed by atoms with van der Waals surface area (Å²) in [7, 11) is -3.37. The molecule has 1 aliphatic rings. The number of piperidine rings is 1. The van der Waals surface area contributed by atoms with E-state index in [-0.39, 0.29) is 22.5 Å². The van der Waals surface area contributed by atoms with Gasteiger partial charge in [-0.1, -0.05) is 47.2 Å².